The highest BCUT2D eigenvalue weighted by molar-refractivity contribution is 9.12. The molecule has 0 fully saturated rings. The number of halogens is 2. The molecule has 1 unspecified atom stereocenters. The summed E-state index contributed by atoms with van der Waals surface area (Å²) in [7, 11) is 0. The highest BCUT2D eigenvalue weighted by Gasteiger charge is 2.17. The van der Waals surface area contributed by atoms with Crippen molar-refractivity contribution < 1.29 is 5.11 Å². The minimum atomic E-state index is -0.527. The predicted octanol–water partition coefficient (Wildman–Crippen LogP) is 4.72. The second kappa shape index (κ2) is 4.67. The molecule has 0 saturated heterocycles. The SMILES string of the molecule is Cc1ccc(C(O)c2cc(Br)sc2Br)s1. The molecule has 80 valence electrons. The van der Waals surface area contributed by atoms with Crippen molar-refractivity contribution in [1.82, 2.24) is 0 Å². The zero-order chi connectivity index (χ0) is 11.0. The highest BCUT2D eigenvalue weighted by atomic mass is 79.9. The van der Waals surface area contributed by atoms with E-state index in [2.05, 4.69) is 31.9 Å². The first-order valence-corrected chi connectivity index (χ1v) is 7.49. The topological polar surface area (TPSA) is 20.2 Å². The molecular formula is C10H8Br2OS2. The molecule has 15 heavy (non-hydrogen) atoms. The molecular weight excluding hydrogens is 360 g/mol. The standard InChI is InChI=1S/C10H8Br2OS2/c1-5-2-3-7(14-5)9(13)6-4-8(11)15-10(6)12/h2-4,9,13H,1H3. The molecule has 5 heteroatoms. The van der Waals surface area contributed by atoms with Crippen molar-refractivity contribution in [2.75, 3.05) is 0 Å². The van der Waals surface area contributed by atoms with Crippen molar-refractivity contribution in [3.63, 3.8) is 0 Å². The molecule has 1 N–H and O–H groups in total. The first-order chi connectivity index (χ1) is 7.08. The summed E-state index contributed by atoms with van der Waals surface area (Å²) in [6.07, 6.45) is -0.527. The number of aliphatic hydroxyl groups excluding tert-OH is 1. The molecule has 0 aliphatic rings. The van der Waals surface area contributed by atoms with E-state index >= 15 is 0 Å². The number of aryl methyl sites for hydroxylation is 1. The molecule has 0 radical (unpaired) electrons. The largest absolute Gasteiger partial charge is 0.383 e. The Hall–Kier alpha value is 0.320. The van der Waals surface area contributed by atoms with E-state index in [1.165, 1.54) is 4.88 Å². The van der Waals surface area contributed by atoms with Gasteiger partial charge in [0.2, 0.25) is 0 Å². The van der Waals surface area contributed by atoms with Crippen molar-refractivity contribution in [3.8, 4) is 0 Å². The quantitative estimate of drug-likeness (QED) is 0.813. The fraction of sp³-hybridized carbons (Fsp3) is 0.200. The molecule has 0 spiro atoms. The van der Waals surface area contributed by atoms with Gasteiger partial charge in [0, 0.05) is 15.3 Å². The van der Waals surface area contributed by atoms with Crippen LogP contribution < -0.4 is 0 Å². The first kappa shape index (κ1) is 11.8. The van der Waals surface area contributed by atoms with Crippen molar-refractivity contribution in [2.24, 2.45) is 0 Å². The summed E-state index contributed by atoms with van der Waals surface area (Å²) in [5.41, 5.74) is 0.925. The van der Waals surface area contributed by atoms with Gasteiger partial charge in [-0.15, -0.1) is 22.7 Å². The molecule has 2 aromatic rings. The Morgan fingerprint density at radius 1 is 1.27 bits per heavy atom. The van der Waals surface area contributed by atoms with Gasteiger partial charge in [0.05, 0.1) is 7.57 Å². The first-order valence-electron chi connectivity index (χ1n) is 4.27. The number of aliphatic hydroxyl groups is 1. The Balaban J connectivity index is 2.35. The maximum Gasteiger partial charge on any atom is 0.115 e. The maximum absolute atomic E-state index is 10.2. The number of hydrogen-bond donors (Lipinski definition) is 1. The van der Waals surface area contributed by atoms with Crippen molar-refractivity contribution in [1.29, 1.82) is 0 Å². The Bertz CT molecular complexity index is 475. The molecule has 1 atom stereocenters. The number of rotatable bonds is 2. The van der Waals surface area contributed by atoms with Crippen LogP contribution in [0, 0.1) is 6.92 Å². The lowest BCUT2D eigenvalue weighted by molar-refractivity contribution is 0.224. The molecule has 1 nitrogen and oxygen atoms in total. The van der Waals surface area contributed by atoms with Crippen LogP contribution in [0.2, 0.25) is 0 Å². The molecule has 0 aliphatic carbocycles. The van der Waals surface area contributed by atoms with Crippen LogP contribution in [-0.2, 0) is 0 Å². The van der Waals surface area contributed by atoms with E-state index in [-0.39, 0.29) is 0 Å². The molecule has 0 aliphatic heterocycles. The monoisotopic (exact) mass is 366 g/mol. The average Bonchev–Trinajstić information content (AvgIpc) is 2.71. The van der Waals surface area contributed by atoms with Gasteiger partial charge in [0.1, 0.15) is 6.10 Å². The van der Waals surface area contributed by atoms with Gasteiger partial charge >= 0.3 is 0 Å². The summed E-state index contributed by atoms with van der Waals surface area (Å²) in [5, 5.41) is 10.2. The molecule has 2 aromatic heterocycles. The minimum Gasteiger partial charge on any atom is -0.383 e. The van der Waals surface area contributed by atoms with E-state index in [0.29, 0.717) is 0 Å². The zero-order valence-electron chi connectivity index (χ0n) is 7.83. The van der Waals surface area contributed by atoms with Gasteiger partial charge in [0.15, 0.2) is 0 Å². The van der Waals surface area contributed by atoms with E-state index in [0.717, 1.165) is 18.0 Å². The van der Waals surface area contributed by atoms with E-state index < -0.39 is 6.10 Å². The summed E-state index contributed by atoms with van der Waals surface area (Å²) in [5.74, 6) is 0. The Labute approximate surface area is 113 Å². The Morgan fingerprint density at radius 2 is 2.00 bits per heavy atom. The molecule has 0 saturated carbocycles. The van der Waals surface area contributed by atoms with E-state index in [4.69, 9.17) is 0 Å². The molecule has 0 aromatic carbocycles. The summed E-state index contributed by atoms with van der Waals surface area (Å²) in [6, 6.07) is 5.95. The van der Waals surface area contributed by atoms with Crippen molar-refractivity contribution in [2.45, 2.75) is 13.0 Å². The van der Waals surface area contributed by atoms with Crippen LogP contribution in [-0.4, -0.2) is 5.11 Å². The number of hydrogen-bond acceptors (Lipinski definition) is 3. The van der Waals surface area contributed by atoms with Gasteiger partial charge in [-0.3, -0.25) is 0 Å². The second-order valence-electron chi connectivity index (χ2n) is 3.13. The average molecular weight is 368 g/mol. The molecule has 0 bridgehead atoms. The van der Waals surface area contributed by atoms with Gasteiger partial charge in [0.25, 0.3) is 0 Å². The van der Waals surface area contributed by atoms with Crippen LogP contribution in [0.1, 0.15) is 21.4 Å². The minimum absolute atomic E-state index is 0.527. The van der Waals surface area contributed by atoms with Gasteiger partial charge < -0.3 is 5.11 Å². The lowest BCUT2D eigenvalue weighted by Crippen LogP contribution is -1.95. The molecule has 2 rings (SSSR count). The third-order valence-corrected chi connectivity index (χ3v) is 5.45. The zero-order valence-corrected chi connectivity index (χ0v) is 12.6. The van der Waals surface area contributed by atoms with Crippen LogP contribution in [0.15, 0.2) is 25.8 Å². The normalized spacial score (nSPS) is 13.1. The van der Waals surface area contributed by atoms with Crippen LogP contribution in [0.5, 0.6) is 0 Å². The third kappa shape index (κ3) is 2.53. The lowest BCUT2D eigenvalue weighted by Gasteiger charge is -2.06. The summed E-state index contributed by atoms with van der Waals surface area (Å²) < 4.78 is 2.00. The van der Waals surface area contributed by atoms with E-state index in [9.17, 15) is 5.11 Å². The summed E-state index contributed by atoms with van der Waals surface area (Å²) in [4.78, 5) is 2.20. The third-order valence-electron chi connectivity index (χ3n) is 2.01. The van der Waals surface area contributed by atoms with E-state index in [1.54, 1.807) is 22.7 Å². The van der Waals surface area contributed by atoms with Gasteiger partial charge in [-0.1, -0.05) is 0 Å². The van der Waals surface area contributed by atoms with Crippen LogP contribution in [0.3, 0.4) is 0 Å². The van der Waals surface area contributed by atoms with E-state index in [1.807, 2.05) is 25.1 Å². The van der Waals surface area contributed by atoms with Crippen LogP contribution in [0.4, 0.5) is 0 Å². The fourth-order valence-corrected chi connectivity index (χ4v) is 5.06. The lowest BCUT2D eigenvalue weighted by atomic mass is 10.2. The molecule has 0 amide bonds. The predicted molar refractivity (Wildman–Crippen MR) is 72.8 cm³/mol. The smallest absolute Gasteiger partial charge is 0.115 e. The highest BCUT2D eigenvalue weighted by Crippen LogP contribution is 2.39. The van der Waals surface area contributed by atoms with Crippen molar-refractivity contribution >= 4 is 54.5 Å². The summed E-state index contributed by atoms with van der Waals surface area (Å²) in [6.45, 7) is 2.04. The van der Waals surface area contributed by atoms with Crippen molar-refractivity contribution in [3.05, 3.63) is 41.1 Å². The maximum atomic E-state index is 10.2. The summed E-state index contributed by atoms with van der Waals surface area (Å²) >= 11 is 10.1. The van der Waals surface area contributed by atoms with Crippen LogP contribution in [0.25, 0.3) is 0 Å². The van der Waals surface area contributed by atoms with Gasteiger partial charge in [-0.25, -0.2) is 0 Å². The van der Waals surface area contributed by atoms with Gasteiger partial charge in [-0.2, -0.15) is 0 Å². The Kier molecular flexibility index (Phi) is 3.67. The molecule has 2 heterocycles. The Morgan fingerprint density at radius 3 is 2.47 bits per heavy atom. The second-order valence-corrected chi connectivity index (χ2v) is 8.20. The number of thiophene rings is 2. The van der Waals surface area contributed by atoms with Gasteiger partial charge in [-0.05, 0) is 57.0 Å². The fourth-order valence-electron chi connectivity index (χ4n) is 1.29. The van der Waals surface area contributed by atoms with Crippen LogP contribution >= 0.6 is 54.5 Å².